The van der Waals surface area contributed by atoms with Crippen LogP contribution >= 0.6 is 0 Å². The minimum absolute atomic E-state index is 0.0902. The van der Waals surface area contributed by atoms with E-state index < -0.39 is 17.5 Å². The topological polar surface area (TPSA) is 67.9 Å². The quantitative estimate of drug-likeness (QED) is 0.677. The summed E-state index contributed by atoms with van der Waals surface area (Å²) in [6, 6.07) is 11.9. The second-order valence-electron chi connectivity index (χ2n) is 8.80. The van der Waals surface area contributed by atoms with Gasteiger partial charge in [0, 0.05) is 30.8 Å². The van der Waals surface area contributed by atoms with Crippen molar-refractivity contribution in [1.82, 2.24) is 10.2 Å². The van der Waals surface area contributed by atoms with Gasteiger partial charge in [0.2, 0.25) is 0 Å². The Kier molecular flexibility index (Phi) is 7.68. The van der Waals surface area contributed by atoms with Crippen LogP contribution in [0.4, 0.5) is 13.6 Å². The fourth-order valence-electron chi connectivity index (χ4n) is 3.39. The highest BCUT2D eigenvalue weighted by Gasteiger charge is 2.22. The van der Waals surface area contributed by atoms with Crippen LogP contribution in [-0.4, -0.2) is 42.2 Å². The van der Waals surface area contributed by atoms with Gasteiger partial charge in [-0.05, 0) is 56.5 Å². The molecule has 1 aliphatic heterocycles. The standard InChI is InChI=1S/C25H28F2N2O4/c1-25(2,3)33-24(31)28-14-17(13-26)16-32-22-9-8-19(12-21(22)27)23(30)29-11-10-18-6-4-5-7-20(18)15-29/h4-9,12-13H,10-11,14-16H2,1-3H3,(H,28,31). The highest BCUT2D eigenvalue weighted by Crippen LogP contribution is 2.23. The lowest BCUT2D eigenvalue weighted by atomic mass is 9.99. The van der Waals surface area contributed by atoms with Gasteiger partial charge >= 0.3 is 6.09 Å². The minimum atomic E-state index is -0.725. The number of carbonyl (C=O) groups excluding carboxylic acids is 2. The summed E-state index contributed by atoms with van der Waals surface area (Å²) in [5.74, 6) is -1.11. The number of rotatable bonds is 6. The molecule has 1 heterocycles. The van der Waals surface area contributed by atoms with Crippen LogP contribution in [0.15, 0.2) is 54.4 Å². The largest absolute Gasteiger partial charge is 0.486 e. The van der Waals surface area contributed by atoms with Crippen LogP contribution in [0.2, 0.25) is 0 Å². The summed E-state index contributed by atoms with van der Waals surface area (Å²) in [5, 5.41) is 2.42. The Balaban J connectivity index is 1.56. The first-order valence-electron chi connectivity index (χ1n) is 10.7. The van der Waals surface area contributed by atoms with Gasteiger partial charge in [-0.25, -0.2) is 13.6 Å². The average molecular weight is 459 g/mol. The summed E-state index contributed by atoms with van der Waals surface area (Å²) in [7, 11) is 0. The van der Waals surface area contributed by atoms with Crippen LogP contribution in [0, 0.1) is 5.82 Å². The van der Waals surface area contributed by atoms with Gasteiger partial charge < -0.3 is 19.7 Å². The van der Waals surface area contributed by atoms with Gasteiger partial charge in [-0.2, -0.15) is 0 Å². The number of halogens is 2. The molecule has 0 atom stereocenters. The molecule has 3 rings (SSSR count). The molecular formula is C25H28F2N2O4. The maximum absolute atomic E-state index is 14.6. The third-order valence-electron chi connectivity index (χ3n) is 5.02. The Morgan fingerprint density at radius 3 is 2.55 bits per heavy atom. The molecule has 176 valence electrons. The van der Waals surface area contributed by atoms with Crippen molar-refractivity contribution in [3.8, 4) is 5.75 Å². The Labute approximate surface area is 192 Å². The highest BCUT2D eigenvalue weighted by molar-refractivity contribution is 5.94. The molecule has 1 N–H and O–H groups in total. The third-order valence-corrected chi connectivity index (χ3v) is 5.02. The smallest absolute Gasteiger partial charge is 0.407 e. The van der Waals surface area contributed by atoms with Crippen LogP contribution in [0.25, 0.3) is 0 Å². The molecule has 2 aromatic carbocycles. The molecule has 0 spiro atoms. The van der Waals surface area contributed by atoms with Crippen molar-refractivity contribution < 1.29 is 27.8 Å². The predicted molar refractivity (Wildman–Crippen MR) is 120 cm³/mol. The molecule has 0 radical (unpaired) electrons. The van der Waals surface area contributed by atoms with E-state index in [9.17, 15) is 18.4 Å². The Bertz CT molecular complexity index is 1050. The molecule has 2 amide bonds. The maximum atomic E-state index is 14.6. The van der Waals surface area contributed by atoms with Crippen molar-refractivity contribution in [2.24, 2.45) is 0 Å². The van der Waals surface area contributed by atoms with E-state index in [1.807, 2.05) is 24.3 Å². The maximum Gasteiger partial charge on any atom is 0.407 e. The van der Waals surface area contributed by atoms with E-state index in [1.54, 1.807) is 25.7 Å². The molecule has 0 saturated heterocycles. The van der Waals surface area contributed by atoms with E-state index in [1.165, 1.54) is 17.7 Å². The lowest BCUT2D eigenvalue weighted by molar-refractivity contribution is 0.0531. The van der Waals surface area contributed by atoms with Crippen molar-refractivity contribution in [3.63, 3.8) is 0 Å². The second kappa shape index (κ2) is 10.5. The summed E-state index contributed by atoms with van der Waals surface area (Å²) in [4.78, 5) is 26.2. The zero-order chi connectivity index (χ0) is 24.0. The monoisotopic (exact) mass is 458 g/mol. The SMILES string of the molecule is CC(C)(C)OC(=O)NCC(=CF)COc1ccc(C(=O)N2CCc3ccccc3C2)cc1F. The van der Waals surface area contributed by atoms with Gasteiger partial charge in [-0.1, -0.05) is 24.3 Å². The van der Waals surface area contributed by atoms with E-state index in [-0.39, 0.29) is 35.9 Å². The first-order chi connectivity index (χ1) is 15.7. The van der Waals surface area contributed by atoms with Gasteiger partial charge in [-0.15, -0.1) is 0 Å². The summed E-state index contributed by atoms with van der Waals surface area (Å²) < 4.78 is 38.2. The van der Waals surface area contributed by atoms with Crippen molar-refractivity contribution >= 4 is 12.0 Å². The molecule has 2 aromatic rings. The normalized spacial score (nSPS) is 13.8. The average Bonchev–Trinajstić information content (AvgIpc) is 2.78. The van der Waals surface area contributed by atoms with E-state index in [0.717, 1.165) is 18.1 Å². The number of amides is 2. The van der Waals surface area contributed by atoms with Gasteiger partial charge in [0.05, 0.1) is 6.33 Å². The fraction of sp³-hybridized carbons (Fsp3) is 0.360. The number of benzene rings is 2. The molecule has 0 saturated carbocycles. The molecule has 1 aliphatic rings. The Hall–Kier alpha value is -3.42. The summed E-state index contributed by atoms with van der Waals surface area (Å²) in [6.07, 6.45) is 0.346. The number of ether oxygens (including phenoxy) is 2. The van der Waals surface area contributed by atoms with Crippen LogP contribution in [0.1, 0.15) is 42.3 Å². The summed E-state index contributed by atoms with van der Waals surface area (Å²) in [5.41, 5.74) is 1.93. The van der Waals surface area contributed by atoms with Gasteiger partial charge in [-0.3, -0.25) is 4.79 Å². The summed E-state index contributed by atoms with van der Waals surface area (Å²) >= 11 is 0. The van der Waals surface area contributed by atoms with Gasteiger partial charge in [0.25, 0.3) is 5.91 Å². The number of nitrogens with zero attached hydrogens (tertiary/aromatic N) is 1. The molecule has 8 heteroatoms. The van der Waals surface area contributed by atoms with Crippen LogP contribution < -0.4 is 10.1 Å². The molecule has 0 bridgehead atoms. The number of alkyl carbamates (subject to hydrolysis) is 1. The van der Waals surface area contributed by atoms with Crippen molar-refractivity contribution in [2.45, 2.75) is 39.3 Å². The highest BCUT2D eigenvalue weighted by atomic mass is 19.1. The zero-order valence-electron chi connectivity index (χ0n) is 19.0. The van der Waals surface area contributed by atoms with Crippen LogP contribution in [-0.2, 0) is 17.7 Å². The molecule has 0 aromatic heterocycles. The van der Waals surface area contributed by atoms with E-state index >= 15 is 0 Å². The first-order valence-corrected chi connectivity index (χ1v) is 10.7. The number of hydrogen-bond donors (Lipinski definition) is 1. The third kappa shape index (κ3) is 6.78. The van der Waals surface area contributed by atoms with E-state index in [2.05, 4.69) is 5.32 Å². The number of hydrogen-bond acceptors (Lipinski definition) is 4. The molecule has 33 heavy (non-hydrogen) atoms. The van der Waals surface area contributed by atoms with Crippen molar-refractivity contribution in [2.75, 3.05) is 19.7 Å². The molecule has 6 nitrogen and oxygen atoms in total. The van der Waals surface area contributed by atoms with Crippen molar-refractivity contribution in [3.05, 3.63) is 76.9 Å². The van der Waals surface area contributed by atoms with E-state index in [0.29, 0.717) is 19.4 Å². The molecule has 0 aliphatic carbocycles. The number of fused-ring (bicyclic) bond motifs is 1. The summed E-state index contributed by atoms with van der Waals surface area (Å²) in [6.45, 7) is 5.74. The second-order valence-corrected chi connectivity index (χ2v) is 8.80. The molecule has 0 unspecified atom stereocenters. The number of nitrogens with one attached hydrogen (secondary N) is 1. The first kappa shape index (κ1) is 24.2. The van der Waals surface area contributed by atoms with Crippen LogP contribution in [0.5, 0.6) is 5.75 Å². The minimum Gasteiger partial charge on any atom is -0.486 e. The molecular weight excluding hydrogens is 430 g/mol. The Morgan fingerprint density at radius 1 is 1.15 bits per heavy atom. The predicted octanol–water partition coefficient (Wildman–Crippen LogP) is 4.78. The Morgan fingerprint density at radius 2 is 1.88 bits per heavy atom. The van der Waals surface area contributed by atoms with E-state index in [4.69, 9.17) is 9.47 Å². The van der Waals surface area contributed by atoms with Crippen LogP contribution in [0.3, 0.4) is 0 Å². The van der Waals surface area contributed by atoms with Gasteiger partial charge in [0.1, 0.15) is 12.2 Å². The zero-order valence-corrected chi connectivity index (χ0v) is 19.0. The van der Waals surface area contributed by atoms with Gasteiger partial charge in [0.15, 0.2) is 11.6 Å². The lowest BCUT2D eigenvalue weighted by Crippen LogP contribution is -2.36. The number of carbonyl (C=O) groups is 2. The fourth-order valence-corrected chi connectivity index (χ4v) is 3.39. The molecule has 0 fully saturated rings. The van der Waals surface area contributed by atoms with Crippen molar-refractivity contribution in [1.29, 1.82) is 0 Å². The lowest BCUT2D eigenvalue weighted by Gasteiger charge is -2.29.